The van der Waals surface area contributed by atoms with E-state index in [2.05, 4.69) is 263 Å². The standard InChI is InChI=1S/C60H41N3/c1-4-14-42(15-5-1)43-26-31-49(32-27-43)62(52-37-35-51(36-38-52)61(47-19-6-2-7-20-47)48-21-8-3-9-22-48)50-33-28-45(29-34-50)53-40-41-58-60-55(53)39-30-46-18-13-25-57(59(46)60)63(58)56-24-12-17-44-16-10-11-23-54(44)56/h1-41H. The number of hydrogen-bond donors (Lipinski definition) is 0. The first-order chi connectivity index (χ1) is 31.3. The molecule has 0 bridgehead atoms. The van der Waals surface area contributed by atoms with Crippen molar-refractivity contribution in [2.45, 2.75) is 0 Å². The molecule has 0 saturated carbocycles. The highest BCUT2D eigenvalue weighted by Crippen LogP contribution is 2.45. The smallest absolute Gasteiger partial charge is 0.0548 e. The van der Waals surface area contributed by atoms with Gasteiger partial charge in [-0.05, 0) is 129 Å². The summed E-state index contributed by atoms with van der Waals surface area (Å²) in [6.07, 6.45) is 0. The van der Waals surface area contributed by atoms with Gasteiger partial charge in [0.05, 0.1) is 16.7 Å². The monoisotopic (exact) mass is 803 g/mol. The third-order valence-corrected chi connectivity index (χ3v) is 12.5. The van der Waals surface area contributed by atoms with Gasteiger partial charge in [0.15, 0.2) is 0 Å². The first-order valence-electron chi connectivity index (χ1n) is 21.6. The van der Waals surface area contributed by atoms with Crippen molar-refractivity contribution in [3.8, 4) is 27.9 Å². The van der Waals surface area contributed by atoms with Crippen molar-refractivity contribution in [2.24, 2.45) is 0 Å². The van der Waals surface area contributed by atoms with Crippen LogP contribution < -0.4 is 9.80 Å². The number of hydrogen-bond acceptors (Lipinski definition) is 2. The van der Waals surface area contributed by atoms with Gasteiger partial charge in [-0.3, -0.25) is 0 Å². The molecular weight excluding hydrogens is 763 g/mol. The van der Waals surface area contributed by atoms with E-state index in [-0.39, 0.29) is 0 Å². The fourth-order valence-electron chi connectivity index (χ4n) is 9.63. The summed E-state index contributed by atoms with van der Waals surface area (Å²) >= 11 is 0. The van der Waals surface area contributed by atoms with E-state index in [1.807, 2.05) is 0 Å². The van der Waals surface area contributed by atoms with E-state index < -0.39 is 0 Å². The fraction of sp³-hybridized carbons (Fsp3) is 0. The molecule has 296 valence electrons. The first kappa shape index (κ1) is 36.5. The molecule has 0 unspecified atom stereocenters. The molecule has 0 saturated heterocycles. The molecule has 1 heterocycles. The van der Waals surface area contributed by atoms with Crippen LogP contribution in [0.15, 0.2) is 249 Å². The van der Waals surface area contributed by atoms with Crippen LogP contribution in [-0.4, -0.2) is 4.57 Å². The van der Waals surface area contributed by atoms with Crippen LogP contribution in [0.25, 0.3) is 71.3 Å². The minimum Gasteiger partial charge on any atom is -0.311 e. The average molecular weight is 804 g/mol. The lowest BCUT2D eigenvalue weighted by atomic mass is 9.94. The van der Waals surface area contributed by atoms with Crippen LogP contribution in [0.2, 0.25) is 0 Å². The summed E-state index contributed by atoms with van der Waals surface area (Å²) in [4.78, 5) is 4.66. The molecule has 0 fully saturated rings. The Kier molecular flexibility index (Phi) is 8.83. The number of nitrogens with zero attached hydrogens (tertiary/aromatic N) is 3. The molecule has 0 spiro atoms. The number of fused-ring (bicyclic) bond motifs is 1. The molecule has 12 aromatic rings. The second-order valence-corrected chi connectivity index (χ2v) is 16.1. The zero-order valence-electron chi connectivity index (χ0n) is 34.5. The Morgan fingerprint density at radius 1 is 0.254 bits per heavy atom. The Hall–Kier alpha value is -8.40. The number of rotatable bonds is 9. The second kappa shape index (κ2) is 15.3. The average Bonchev–Trinajstić information content (AvgIpc) is 3.70. The summed E-state index contributed by atoms with van der Waals surface area (Å²) in [5, 5.41) is 7.61. The molecular formula is C60H41N3. The van der Waals surface area contributed by atoms with E-state index in [9.17, 15) is 0 Å². The van der Waals surface area contributed by atoms with Crippen LogP contribution in [0.4, 0.5) is 34.1 Å². The molecule has 63 heavy (non-hydrogen) atoms. The highest BCUT2D eigenvalue weighted by Gasteiger charge is 2.21. The summed E-state index contributed by atoms with van der Waals surface area (Å²) < 4.78 is 2.46. The van der Waals surface area contributed by atoms with Crippen molar-refractivity contribution in [3.63, 3.8) is 0 Å². The highest BCUT2D eigenvalue weighted by molar-refractivity contribution is 6.27. The van der Waals surface area contributed by atoms with Crippen LogP contribution in [0.1, 0.15) is 0 Å². The molecule has 0 aliphatic heterocycles. The highest BCUT2D eigenvalue weighted by atomic mass is 15.2. The first-order valence-corrected chi connectivity index (χ1v) is 21.6. The van der Waals surface area contributed by atoms with Crippen molar-refractivity contribution < 1.29 is 0 Å². The Morgan fingerprint density at radius 3 is 1.35 bits per heavy atom. The third kappa shape index (κ3) is 6.29. The normalized spacial score (nSPS) is 11.5. The van der Waals surface area contributed by atoms with Crippen LogP contribution in [0, 0.1) is 0 Å². The summed E-state index contributed by atoms with van der Waals surface area (Å²) in [6.45, 7) is 0. The number of anilines is 6. The van der Waals surface area contributed by atoms with Crippen molar-refractivity contribution in [2.75, 3.05) is 9.80 Å². The zero-order valence-corrected chi connectivity index (χ0v) is 34.5. The molecule has 0 aliphatic rings. The molecule has 0 atom stereocenters. The Morgan fingerprint density at radius 2 is 0.714 bits per heavy atom. The summed E-state index contributed by atoms with van der Waals surface area (Å²) in [7, 11) is 0. The van der Waals surface area contributed by atoms with Gasteiger partial charge in [-0.1, -0.05) is 158 Å². The zero-order chi connectivity index (χ0) is 41.7. The molecule has 0 N–H and O–H groups in total. The van der Waals surface area contributed by atoms with E-state index in [0.29, 0.717) is 0 Å². The fourth-order valence-corrected chi connectivity index (χ4v) is 9.63. The molecule has 11 aromatic carbocycles. The molecule has 3 nitrogen and oxygen atoms in total. The van der Waals surface area contributed by atoms with Gasteiger partial charge in [-0.2, -0.15) is 0 Å². The number of aromatic nitrogens is 1. The van der Waals surface area contributed by atoms with Crippen LogP contribution >= 0.6 is 0 Å². The number of benzene rings is 11. The maximum Gasteiger partial charge on any atom is 0.0548 e. The Bertz CT molecular complexity index is 3480. The molecule has 0 aliphatic carbocycles. The summed E-state index contributed by atoms with van der Waals surface area (Å²) in [5.74, 6) is 0. The molecule has 1 aromatic heterocycles. The minimum absolute atomic E-state index is 1.08. The van der Waals surface area contributed by atoms with Crippen LogP contribution in [0.5, 0.6) is 0 Å². The predicted molar refractivity (Wildman–Crippen MR) is 267 cm³/mol. The van der Waals surface area contributed by atoms with Gasteiger partial charge in [-0.25, -0.2) is 0 Å². The Balaban J connectivity index is 0.961. The summed E-state index contributed by atoms with van der Waals surface area (Å²) in [6, 6.07) is 89.9. The van der Waals surface area contributed by atoms with Gasteiger partial charge in [0, 0.05) is 50.3 Å². The van der Waals surface area contributed by atoms with Gasteiger partial charge < -0.3 is 14.4 Å². The van der Waals surface area contributed by atoms with Crippen molar-refractivity contribution in [3.05, 3.63) is 249 Å². The SMILES string of the molecule is c1ccc(-c2ccc(N(c3ccc(-c4ccc5c6c4ccc4cccc(c46)n5-c4cccc5ccccc45)cc3)c3ccc(N(c4ccccc4)c4ccccc4)cc3)cc2)cc1. The van der Waals surface area contributed by atoms with Crippen LogP contribution in [-0.2, 0) is 0 Å². The van der Waals surface area contributed by atoms with Gasteiger partial charge in [0.2, 0.25) is 0 Å². The Labute approximate surface area is 366 Å². The lowest BCUT2D eigenvalue weighted by Gasteiger charge is -2.28. The van der Waals surface area contributed by atoms with Crippen LogP contribution in [0.3, 0.4) is 0 Å². The molecule has 0 amide bonds. The lowest BCUT2D eigenvalue weighted by Crippen LogP contribution is -2.12. The minimum atomic E-state index is 1.08. The largest absolute Gasteiger partial charge is 0.311 e. The molecule has 3 heteroatoms. The molecule has 0 radical (unpaired) electrons. The summed E-state index contributed by atoms with van der Waals surface area (Å²) in [5.41, 5.74) is 15.0. The molecule has 12 rings (SSSR count). The van der Waals surface area contributed by atoms with Gasteiger partial charge >= 0.3 is 0 Å². The van der Waals surface area contributed by atoms with E-state index in [1.165, 1.54) is 71.3 Å². The quantitative estimate of drug-likeness (QED) is 0.135. The topological polar surface area (TPSA) is 11.4 Å². The van der Waals surface area contributed by atoms with E-state index in [4.69, 9.17) is 0 Å². The predicted octanol–water partition coefficient (Wildman–Crippen LogP) is 16.8. The maximum absolute atomic E-state index is 2.46. The van der Waals surface area contributed by atoms with Crippen molar-refractivity contribution in [1.82, 2.24) is 4.57 Å². The second-order valence-electron chi connectivity index (χ2n) is 16.1. The van der Waals surface area contributed by atoms with Gasteiger partial charge in [0.25, 0.3) is 0 Å². The number of para-hydroxylation sites is 2. The van der Waals surface area contributed by atoms with E-state index >= 15 is 0 Å². The third-order valence-electron chi connectivity index (χ3n) is 12.5. The van der Waals surface area contributed by atoms with Gasteiger partial charge in [0.1, 0.15) is 0 Å². The van der Waals surface area contributed by atoms with E-state index in [0.717, 1.165) is 34.1 Å². The van der Waals surface area contributed by atoms with Crippen molar-refractivity contribution in [1.29, 1.82) is 0 Å². The van der Waals surface area contributed by atoms with Gasteiger partial charge in [-0.15, -0.1) is 0 Å². The lowest BCUT2D eigenvalue weighted by molar-refractivity contribution is 1.20. The maximum atomic E-state index is 2.46. The van der Waals surface area contributed by atoms with E-state index in [1.54, 1.807) is 0 Å². The van der Waals surface area contributed by atoms with Crippen molar-refractivity contribution >= 4 is 77.5 Å².